The number of aliphatic imine (C=N–C) groups is 3. The molecule has 3 saturated heterocycles. The lowest BCUT2D eigenvalue weighted by molar-refractivity contribution is -0.141. The first-order chi connectivity index (χ1) is 64.0. The van der Waals surface area contributed by atoms with Gasteiger partial charge in [-0.15, -0.1) is 0 Å². The number of likely N-dealkylation sites (N-methyl/N-ethyl adjacent to an activating group) is 3. The van der Waals surface area contributed by atoms with Crippen LogP contribution in [0.5, 0.6) is 0 Å². The first-order valence-electron chi connectivity index (χ1n) is 45.0. The molecule has 1 unspecified atom stereocenters. The second-order valence-corrected chi connectivity index (χ2v) is 34.0. The van der Waals surface area contributed by atoms with Gasteiger partial charge in [0.2, 0.25) is 53.2 Å². The van der Waals surface area contributed by atoms with E-state index >= 15 is 0 Å². The molecule has 3 heterocycles. The van der Waals surface area contributed by atoms with Gasteiger partial charge in [0.15, 0.2) is 17.9 Å². The summed E-state index contributed by atoms with van der Waals surface area (Å²) in [4.78, 5) is 137. The SMILES string of the molecule is CNC(=O)C(Cc1ccc2ccccc2c1)N1CC[C@H](CNC(=O)[C@H](N)Cc2ccc(F)cc2)N[C@@H](CCCN=C(N)N)C1=O.CNC(=O)[C@H](Cc1ccc2ccccc2c1)N1CC[C@H](CNC(=O)Cc2ccc(Cl)cc2)N[C@@H](CCCN=C(N)N)C1=O.CNC(=O)[C@H](Cc1ccc2ccccc2c1)N1CC[C@H](CNC(=O)[C@@H](N)Cc2ccc(F)cc2)N[C@@H](CCCN=C(N)N)C1=O. The minimum atomic E-state index is -0.825. The second kappa shape index (κ2) is 51.5. The lowest BCUT2D eigenvalue weighted by Crippen LogP contribution is -2.54. The number of benzene rings is 9. The minimum Gasteiger partial charge on any atom is -0.370 e. The fraction of sp³-hybridized carbons (Fsp3) is 0.388. The Labute approximate surface area is 779 Å². The standard InChI is InChI=1S/2C33H43FN8O3.C32H40ClN7O3/c2*1-38-31(44)29(19-22-8-11-23-5-2-3-6-24(23)17-22)42-16-14-26(41-28(32(42)45)7-4-15-39-33(36)37)20-40-30(43)27(35)18-21-9-12-25(34)13-10-21;1-36-30(42)28(18-22-8-11-23-5-2-3-6-24(23)17-22)40-16-14-26(39-27(31(40)43)7-4-15-37-32(34)35)20-38-29(41)19-21-9-12-25(33)13-10-21/h2*2-3,5-6,8-13,17,26-29,41H,4,7,14-16,18-20,35H2,1H3,(H,38,44)(H,40,43)(H4,36,37,39);2-3,5-6,8-13,17,26-28,39H,4,7,14-16,18-20H2,1H3,(H,36,42)(H,38,41)(H4,34,35,37)/t26-,27+,28+,29+;26-,27-,28+,29?;26-,27+,28+/m111/s1. The molecule has 708 valence electrons. The number of nitrogens with one attached hydrogen (secondary N) is 9. The topological polar surface area (TPSA) is 517 Å². The van der Waals surface area contributed by atoms with Crippen LogP contribution in [-0.2, 0) is 81.7 Å². The van der Waals surface area contributed by atoms with Gasteiger partial charge in [0.05, 0.1) is 36.6 Å². The molecule has 25 N–H and O–H groups in total. The first-order valence-corrected chi connectivity index (χ1v) is 45.4. The van der Waals surface area contributed by atoms with Crippen LogP contribution in [0.15, 0.2) is 215 Å². The highest BCUT2D eigenvalue weighted by Crippen LogP contribution is 2.27. The van der Waals surface area contributed by atoms with Crippen molar-refractivity contribution in [3.8, 4) is 0 Å². The van der Waals surface area contributed by atoms with E-state index in [0.717, 1.165) is 65.7 Å². The van der Waals surface area contributed by atoms with E-state index in [9.17, 15) is 51.9 Å². The van der Waals surface area contributed by atoms with Gasteiger partial charge in [0.25, 0.3) is 0 Å². The molecule has 12 rings (SSSR count). The third kappa shape index (κ3) is 31.8. The maximum absolute atomic E-state index is 14.0. The van der Waals surface area contributed by atoms with E-state index in [1.165, 1.54) is 24.3 Å². The minimum absolute atomic E-state index is 0.00174. The van der Waals surface area contributed by atoms with Crippen molar-refractivity contribution < 1.29 is 51.9 Å². The normalized spacial score (nSPS) is 18.0. The molecule has 3 aliphatic rings. The maximum atomic E-state index is 14.0. The van der Waals surface area contributed by atoms with Crippen LogP contribution in [0.2, 0.25) is 5.02 Å². The summed E-state index contributed by atoms with van der Waals surface area (Å²) in [5.74, 6) is -2.88. The first kappa shape index (κ1) is 102. The highest BCUT2D eigenvalue weighted by atomic mass is 35.5. The van der Waals surface area contributed by atoms with Crippen molar-refractivity contribution in [1.29, 1.82) is 0 Å². The predicted molar refractivity (Wildman–Crippen MR) is 518 cm³/mol. The molecule has 9 aromatic rings. The maximum Gasteiger partial charge on any atom is 0.242 e. The van der Waals surface area contributed by atoms with Crippen LogP contribution in [0, 0.1) is 11.6 Å². The summed E-state index contributed by atoms with van der Waals surface area (Å²) >= 11 is 5.96. The molecular weight excluding hydrogens is 1720 g/mol. The van der Waals surface area contributed by atoms with Crippen molar-refractivity contribution in [2.75, 3.05) is 80.0 Å². The summed E-state index contributed by atoms with van der Waals surface area (Å²) in [5, 5.41) is 34.4. The summed E-state index contributed by atoms with van der Waals surface area (Å²) in [5.41, 5.74) is 50.4. The van der Waals surface area contributed by atoms with Crippen molar-refractivity contribution in [3.05, 3.63) is 250 Å². The fourth-order valence-electron chi connectivity index (χ4n) is 16.7. The Morgan fingerprint density at radius 3 is 0.970 bits per heavy atom. The van der Waals surface area contributed by atoms with Gasteiger partial charge in [-0.1, -0.05) is 175 Å². The lowest BCUT2D eigenvalue weighted by atomic mass is 9.99. The van der Waals surface area contributed by atoms with Crippen LogP contribution >= 0.6 is 11.6 Å². The summed E-state index contributed by atoms with van der Waals surface area (Å²) in [6, 6.07) is 54.8. The van der Waals surface area contributed by atoms with Gasteiger partial charge in [-0.25, -0.2) is 8.78 Å². The molecular formula is C98H126ClF2N23O9. The Hall–Kier alpha value is -13.3. The monoisotopic (exact) mass is 1840 g/mol. The van der Waals surface area contributed by atoms with Crippen molar-refractivity contribution >= 4 is 115 Å². The lowest BCUT2D eigenvalue weighted by Gasteiger charge is -2.31. The molecule has 0 saturated carbocycles. The second-order valence-electron chi connectivity index (χ2n) is 33.6. The number of halogens is 3. The highest BCUT2D eigenvalue weighted by Gasteiger charge is 2.41. The largest absolute Gasteiger partial charge is 0.370 e. The van der Waals surface area contributed by atoms with E-state index in [4.69, 9.17) is 57.5 Å². The van der Waals surface area contributed by atoms with Crippen LogP contribution in [0.1, 0.15) is 91.2 Å². The Kier molecular flexibility index (Phi) is 39.5. The average molecular weight is 1840 g/mol. The summed E-state index contributed by atoms with van der Waals surface area (Å²) < 4.78 is 26.5. The summed E-state index contributed by atoms with van der Waals surface area (Å²) in [6.07, 6.45) is 6.31. The van der Waals surface area contributed by atoms with Crippen molar-refractivity contribution in [2.45, 2.75) is 163 Å². The summed E-state index contributed by atoms with van der Waals surface area (Å²) in [6.45, 7) is 2.87. The number of nitrogens with zero attached hydrogens (tertiary/aromatic N) is 6. The Morgan fingerprint density at radius 1 is 0.383 bits per heavy atom. The van der Waals surface area contributed by atoms with E-state index in [1.807, 2.05) is 133 Å². The van der Waals surface area contributed by atoms with Crippen molar-refractivity contribution in [2.24, 2.45) is 60.8 Å². The molecule has 0 aliphatic carbocycles. The smallest absolute Gasteiger partial charge is 0.242 e. The fourth-order valence-corrected chi connectivity index (χ4v) is 16.8. The zero-order valence-corrected chi connectivity index (χ0v) is 76.2. The quantitative estimate of drug-likeness (QED) is 0.0148. The number of fused-ring (bicyclic) bond motifs is 3. The van der Waals surface area contributed by atoms with E-state index < -0.39 is 48.3 Å². The van der Waals surface area contributed by atoms with Crippen LogP contribution in [0.3, 0.4) is 0 Å². The molecule has 11 atom stereocenters. The molecule has 0 aromatic heterocycles. The Bertz CT molecular complexity index is 5270. The molecule has 9 amide bonds. The summed E-state index contributed by atoms with van der Waals surface area (Å²) in [7, 11) is 4.72. The van der Waals surface area contributed by atoms with E-state index in [0.29, 0.717) is 128 Å². The molecule has 0 radical (unpaired) electrons. The predicted octanol–water partition coefficient (Wildman–Crippen LogP) is 3.99. The molecule has 35 heteroatoms. The van der Waals surface area contributed by atoms with Gasteiger partial charge in [0.1, 0.15) is 29.8 Å². The number of hydrogen-bond acceptors (Lipinski definition) is 17. The van der Waals surface area contributed by atoms with Gasteiger partial charge < -0.3 is 108 Å². The highest BCUT2D eigenvalue weighted by molar-refractivity contribution is 6.30. The zero-order valence-electron chi connectivity index (χ0n) is 75.5. The van der Waals surface area contributed by atoms with Crippen LogP contribution in [0.4, 0.5) is 8.78 Å². The number of carbonyl (C=O) groups is 9. The van der Waals surface area contributed by atoms with Gasteiger partial charge in [-0.2, -0.15) is 0 Å². The van der Waals surface area contributed by atoms with Gasteiger partial charge in [-0.05, 0) is 173 Å². The molecule has 0 spiro atoms. The molecule has 32 nitrogen and oxygen atoms in total. The Morgan fingerprint density at radius 2 is 0.669 bits per heavy atom. The van der Waals surface area contributed by atoms with Gasteiger partial charge in [0, 0.05) is 122 Å². The third-order valence-electron chi connectivity index (χ3n) is 23.8. The molecule has 133 heavy (non-hydrogen) atoms. The van der Waals surface area contributed by atoms with E-state index in [-0.39, 0.29) is 133 Å². The van der Waals surface area contributed by atoms with Crippen molar-refractivity contribution in [1.82, 2.24) is 62.6 Å². The molecule has 9 aromatic carbocycles. The third-order valence-corrected chi connectivity index (χ3v) is 24.1. The number of rotatable bonds is 38. The molecule has 0 bridgehead atoms. The molecule has 3 aliphatic heterocycles. The number of nitrogens with two attached hydrogens (primary N) is 8. The number of guanidine groups is 3. The molecule has 3 fully saturated rings. The van der Waals surface area contributed by atoms with Crippen LogP contribution < -0.4 is 93.7 Å². The van der Waals surface area contributed by atoms with Crippen LogP contribution in [-0.4, -0.2) is 232 Å². The average Bonchev–Trinajstić information content (AvgIpc) is 1.81. The van der Waals surface area contributed by atoms with E-state index in [1.54, 1.807) is 72.2 Å². The van der Waals surface area contributed by atoms with Crippen molar-refractivity contribution in [3.63, 3.8) is 0 Å². The Balaban J connectivity index is 0.000000207. The number of hydrogen-bond donors (Lipinski definition) is 17. The number of carbonyl (C=O) groups excluding carboxylic acids is 9. The van der Waals surface area contributed by atoms with Crippen LogP contribution in [0.25, 0.3) is 32.3 Å². The zero-order chi connectivity index (χ0) is 95.5. The van der Waals surface area contributed by atoms with E-state index in [2.05, 4.69) is 68.9 Å². The number of amides is 9. The van der Waals surface area contributed by atoms with Gasteiger partial charge >= 0.3 is 0 Å². The van der Waals surface area contributed by atoms with Gasteiger partial charge in [-0.3, -0.25) is 58.1 Å².